The van der Waals surface area contributed by atoms with Crippen LogP contribution >= 0.6 is 0 Å². The van der Waals surface area contributed by atoms with Crippen LogP contribution < -0.4 is 0 Å². The Kier molecular flexibility index (Phi) is 9.02. The molecule has 0 saturated heterocycles. The summed E-state index contributed by atoms with van der Waals surface area (Å²) in [5.41, 5.74) is 2.62. The van der Waals surface area contributed by atoms with Crippen molar-refractivity contribution >= 4 is 0 Å². The van der Waals surface area contributed by atoms with Crippen LogP contribution in [0.4, 0.5) is 4.39 Å². The Morgan fingerprint density at radius 3 is 1.96 bits per heavy atom. The van der Waals surface area contributed by atoms with Gasteiger partial charge in [-0.05, 0) is 35.3 Å². The Labute approximate surface area is 139 Å². The highest BCUT2D eigenvalue weighted by molar-refractivity contribution is 5.52. The Balaban J connectivity index is 4.93. The highest BCUT2D eigenvalue weighted by atomic mass is 19.1. The number of allylic oxidation sites excluding steroid dienone is 11. The molecule has 0 N–H and O–H groups in total. The summed E-state index contributed by atoms with van der Waals surface area (Å²) < 4.78 is 19.1. The smallest absolute Gasteiger partial charge is 0.131 e. The predicted octanol–water partition coefficient (Wildman–Crippen LogP) is 6.30. The fraction of sp³-hybridized carbons (Fsp3) is 0.143. The van der Waals surface area contributed by atoms with Crippen LogP contribution in [0.25, 0.3) is 0 Å². The van der Waals surface area contributed by atoms with Gasteiger partial charge in [-0.15, -0.1) is 0 Å². The maximum atomic E-state index is 14.2. The second-order valence-electron chi connectivity index (χ2n) is 4.90. The fourth-order valence-corrected chi connectivity index (χ4v) is 1.29. The SMILES string of the molecule is C=C(/C=C\C(=C)C(=C)/C=C(/F)C(=C)C(=C)/C=C\C(=C)OC)CC. The van der Waals surface area contributed by atoms with Crippen molar-refractivity contribution in [3.8, 4) is 0 Å². The first-order chi connectivity index (χ1) is 10.7. The Morgan fingerprint density at radius 1 is 0.870 bits per heavy atom. The van der Waals surface area contributed by atoms with E-state index in [1.54, 1.807) is 18.2 Å². The minimum absolute atomic E-state index is 0.168. The number of rotatable bonds is 10. The van der Waals surface area contributed by atoms with Gasteiger partial charge in [0.15, 0.2) is 0 Å². The van der Waals surface area contributed by atoms with Crippen LogP contribution in [0, 0.1) is 0 Å². The lowest BCUT2D eigenvalue weighted by Crippen LogP contribution is -1.88. The Hall–Kier alpha value is -2.61. The van der Waals surface area contributed by atoms with Gasteiger partial charge in [-0.2, -0.15) is 0 Å². The highest BCUT2D eigenvalue weighted by Crippen LogP contribution is 2.22. The number of hydrogen-bond acceptors (Lipinski definition) is 1. The Morgan fingerprint density at radius 2 is 1.43 bits per heavy atom. The summed E-state index contributed by atoms with van der Waals surface area (Å²) in [6.45, 7) is 24.6. The van der Waals surface area contributed by atoms with Gasteiger partial charge >= 0.3 is 0 Å². The summed E-state index contributed by atoms with van der Waals surface area (Å²) in [6.07, 6.45) is 8.91. The van der Waals surface area contributed by atoms with Crippen molar-refractivity contribution in [2.24, 2.45) is 0 Å². The summed E-state index contributed by atoms with van der Waals surface area (Å²) in [5, 5.41) is 0. The van der Waals surface area contributed by atoms with Crippen molar-refractivity contribution < 1.29 is 9.13 Å². The third kappa shape index (κ3) is 7.82. The van der Waals surface area contributed by atoms with Gasteiger partial charge in [0.05, 0.1) is 7.11 Å². The lowest BCUT2D eigenvalue weighted by atomic mass is 10.0. The van der Waals surface area contributed by atoms with E-state index in [1.165, 1.54) is 13.2 Å². The second kappa shape index (κ2) is 10.2. The summed E-state index contributed by atoms with van der Waals surface area (Å²) in [6, 6.07) is 0. The molecule has 0 aromatic heterocycles. The van der Waals surface area contributed by atoms with Gasteiger partial charge in [0.1, 0.15) is 11.6 Å². The van der Waals surface area contributed by atoms with Crippen LogP contribution in [0.15, 0.2) is 109 Å². The van der Waals surface area contributed by atoms with E-state index < -0.39 is 5.83 Å². The molecule has 0 spiro atoms. The molecule has 0 radical (unpaired) electrons. The van der Waals surface area contributed by atoms with Gasteiger partial charge in [0.25, 0.3) is 0 Å². The molecule has 0 fully saturated rings. The Bertz CT molecular complexity index is 624. The summed E-state index contributed by atoms with van der Waals surface area (Å²) in [4.78, 5) is 0. The van der Waals surface area contributed by atoms with E-state index in [-0.39, 0.29) is 5.57 Å². The number of halogens is 1. The van der Waals surface area contributed by atoms with Gasteiger partial charge < -0.3 is 4.74 Å². The molecular formula is C21H25FO. The molecule has 0 unspecified atom stereocenters. The zero-order valence-corrected chi connectivity index (χ0v) is 14.1. The van der Waals surface area contributed by atoms with Gasteiger partial charge in [0, 0.05) is 5.57 Å². The largest absolute Gasteiger partial charge is 0.497 e. The maximum absolute atomic E-state index is 14.2. The molecule has 0 aliphatic heterocycles. The van der Waals surface area contributed by atoms with Crippen LogP contribution in [0.2, 0.25) is 0 Å². The first-order valence-corrected chi connectivity index (χ1v) is 7.13. The second-order valence-corrected chi connectivity index (χ2v) is 4.90. The minimum Gasteiger partial charge on any atom is -0.497 e. The van der Waals surface area contributed by atoms with Crippen molar-refractivity contribution in [2.75, 3.05) is 7.11 Å². The number of hydrogen-bond donors (Lipinski definition) is 0. The van der Waals surface area contributed by atoms with Crippen LogP contribution in [0.1, 0.15) is 13.3 Å². The molecule has 0 aliphatic carbocycles. The molecule has 0 rings (SSSR count). The van der Waals surface area contributed by atoms with Crippen molar-refractivity contribution in [1.29, 1.82) is 0 Å². The molecule has 1 nitrogen and oxygen atoms in total. The molecule has 122 valence electrons. The molecule has 0 atom stereocenters. The van der Waals surface area contributed by atoms with E-state index in [9.17, 15) is 4.39 Å². The molecule has 0 saturated carbocycles. The van der Waals surface area contributed by atoms with Crippen LogP contribution in [0.3, 0.4) is 0 Å². The zero-order chi connectivity index (χ0) is 18.0. The van der Waals surface area contributed by atoms with Gasteiger partial charge in [-0.1, -0.05) is 70.2 Å². The maximum Gasteiger partial charge on any atom is 0.131 e. The van der Waals surface area contributed by atoms with Gasteiger partial charge in [0.2, 0.25) is 0 Å². The summed E-state index contributed by atoms with van der Waals surface area (Å²) in [7, 11) is 1.50. The van der Waals surface area contributed by atoms with E-state index in [4.69, 9.17) is 4.74 Å². The van der Waals surface area contributed by atoms with Crippen LogP contribution in [-0.2, 0) is 4.74 Å². The first-order valence-electron chi connectivity index (χ1n) is 7.13. The molecular weight excluding hydrogens is 287 g/mol. The van der Waals surface area contributed by atoms with Crippen LogP contribution in [0.5, 0.6) is 0 Å². The van der Waals surface area contributed by atoms with Crippen LogP contribution in [-0.4, -0.2) is 7.11 Å². The van der Waals surface area contributed by atoms with Gasteiger partial charge in [-0.3, -0.25) is 0 Å². The molecule has 23 heavy (non-hydrogen) atoms. The fourth-order valence-electron chi connectivity index (χ4n) is 1.29. The molecule has 0 aromatic carbocycles. The lowest BCUT2D eigenvalue weighted by Gasteiger charge is -2.05. The molecule has 0 bridgehead atoms. The average molecular weight is 312 g/mol. The van der Waals surface area contributed by atoms with E-state index in [2.05, 4.69) is 39.5 Å². The predicted molar refractivity (Wildman–Crippen MR) is 99.6 cm³/mol. The van der Waals surface area contributed by atoms with Gasteiger partial charge in [-0.25, -0.2) is 4.39 Å². The van der Waals surface area contributed by atoms with E-state index >= 15 is 0 Å². The van der Waals surface area contributed by atoms with E-state index in [0.29, 0.717) is 22.5 Å². The number of ether oxygens (including phenoxy) is 1. The normalized spacial score (nSPS) is 11.5. The molecule has 0 aromatic rings. The standard InChI is InChI=1S/C21H25FO/c1-9-15(2)10-11-16(3)18(5)14-21(22)20(7)17(4)12-13-19(6)23-8/h10-14H,2-7,9H2,1,8H3/b11-10-,13-12-,21-14+. The summed E-state index contributed by atoms with van der Waals surface area (Å²) >= 11 is 0. The molecule has 0 aliphatic rings. The van der Waals surface area contributed by atoms with E-state index in [0.717, 1.165) is 12.0 Å². The lowest BCUT2D eigenvalue weighted by molar-refractivity contribution is 0.309. The van der Waals surface area contributed by atoms with Crippen molar-refractivity contribution in [3.05, 3.63) is 109 Å². The molecule has 0 heterocycles. The molecule has 0 amide bonds. The quantitative estimate of drug-likeness (QED) is 0.339. The first kappa shape index (κ1) is 20.4. The highest BCUT2D eigenvalue weighted by Gasteiger charge is 2.05. The van der Waals surface area contributed by atoms with Crippen molar-refractivity contribution in [3.63, 3.8) is 0 Å². The third-order valence-corrected chi connectivity index (χ3v) is 3.10. The van der Waals surface area contributed by atoms with E-state index in [1.807, 2.05) is 13.0 Å². The monoisotopic (exact) mass is 312 g/mol. The van der Waals surface area contributed by atoms with Crippen molar-refractivity contribution in [2.45, 2.75) is 13.3 Å². The number of methoxy groups -OCH3 is 1. The third-order valence-electron chi connectivity index (χ3n) is 3.10. The zero-order valence-electron chi connectivity index (χ0n) is 14.1. The molecule has 2 heteroatoms. The van der Waals surface area contributed by atoms with Crippen molar-refractivity contribution in [1.82, 2.24) is 0 Å². The summed E-state index contributed by atoms with van der Waals surface area (Å²) in [5.74, 6) is -0.0704. The average Bonchev–Trinajstić information content (AvgIpc) is 2.55. The minimum atomic E-state index is -0.517. The topological polar surface area (TPSA) is 9.23 Å².